The van der Waals surface area contributed by atoms with Crippen molar-refractivity contribution in [2.75, 3.05) is 6.54 Å². The molecule has 4 nitrogen and oxygen atoms in total. The Bertz CT molecular complexity index is 642. The van der Waals surface area contributed by atoms with Gasteiger partial charge in [0.25, 0.3) is 0 Å². The van der Waals surface area contributed by atoms with Crippen LogP contribution < -0.4 is 10.6 Å². The Kier molecular flexibility index (Phi) is 4.45. The van der Waals surface area contributed by atoms with Crippen LogP contribution in [-0.2, 0) is 6.42 Å². The van der Waals surface area contributed by atoms with Gasteiger partial charge >= 0.3 is 6.03 Å². The molecule has 0 fully saturated rings. The van der Waals surface area contributed by atoms with Gasteiger partial charge in [0.05, 0.1) is 12.1 Å². The minimum atomic E-state index is -0.662. The van der Waals surface area contributed by atoms with Crippen LogP contribution in [0.25, 0.3) is 0 Å². The lowest BCUT2D eigenvalue weighted by molar-refractivity contribution is 0.172. The van der Waals surface area contributed by atoms with Gasteiger partial charge in [0.15, 0.2) is 0 Å². The first-order valence-corrected chi connectivity index (χ1v) is 8.41. The van der Waals surface area contributed by atoms with E-state index in [2.05, 4.69) is 29.7 Å². The lowest BCUT2D eigenvalue weighted by Crippen LogP contribution is -2.40. The van der Waals surface area contributed by atoms with Crippen LogP contribution in [0.3, 0.4) is 0 Å². The monoisotopic (exact) mass is 316 g/mol. The van der Waals surface area contributed by atoms with E-state index in [1.54, 1.807) is 0 Å². The maximum Gasteiger partial charge on any atom is 0.315 e. The zero-order chi connectivity index (χ0) is 15.5. The minimum Gasteiger partial charge on any atom is -0.387 e. The van der Waals surface area contributed by atoms with Gasteiger partial charge in [0, 0.05) is 6.54 Å². The highest BCUT2D eigenvalue weighted by molar-refractivity contribution is 7.07. The molecule has 1 aromatic carbocycles. The van der Waals surface area contributed by atoms with Crippen molar-refractivity contribution in [1.29, 1.82) is 0 Å². The number of hydrogen-bond donors (Lipinski definition) is 3. The van der Waals surface area contributed by atoms with Crippen molar-refractivity contribution >= 4 is 17.4 Å². The molecule has 5 heteroatoms. The Labute approximate surface area is 134 Å². The van der Waals surface area contributed by atoms with E-state index in [0.29, 0.717) is 5.92 Å². The average Bonchev–Trinajstić information content (AvgIpc) is 3.14. The molecule has 0 bridgehead atoms. The van der Waals surface area contributed by atoms with Crippen LogP contribution in [-0.4, -0.2) is 17.7 Å². The molecular formula is C17H20N2O2S. The smallest absolute Gasteiger partial charge is 0.315 e. The molecule has 3 unspecified atom stereocenters. The fourth-order valence-electron chi connectivity index (χ4n) is 2.98. The number of aliphatic hydroxyl groups is 1. The number of benzene rings is 1. The normalized spacial score (nSPS) is 21.2. The second-order valence-corrected chi connectivity index (χ2v) is 6.56. The maximum absolute atomic E-state index is 12.1. The molecule has 1 heterocycles. The maximum atomic E-state index is 12.1. The summed E-state index contributed by atoms with van der Waals surface area (Å²) in [6, 6.07) is 9.90. The number of hydrogen-bond acceptors (Lipinski definition) is 3. The first-order chi connectivity index (χ1) is 10.6. The van der Waals surface area contributed by atoms with E-state index >= 15 is 0 Å². The number of amides is 2. The summed E-state index contributed by atoms with van der Waals surface area (Å²) in [5, 5.41) is 19.6. The molecule has 22 heavy (non-hydrogen) atoms. The van der Waals surface area contributed by atoms with E-state index in [0.717, 1.165) is 12.0 Å². The fourth-order valence-corrected chi connectivity index (χ4v) is 3.69. The molecule has 0 radical (unpaired) electrons. The highest BCUT2D eigenvalue weighted by Crippen LogP contribution is 2.35. The van der Waals surface area contributed by atoms with Crippen molar-refractivity contribution in [3.63, 3.8) is 0 Å². The van der Waals surface area contributed by atoms with Crippen LogP contribution in [0, 0.1) is 5.92 Å². The summed E-state index contributed by atoms with van der Waals surface area (Å²) in [5.41, 5.74) is 3.34. The third-order valence-corrected chi connectivity index (χ3v) is 4.87. The van der Waals surface area contributed by atoms with E-state index in [-0.39, 0.29) is 18.6 Å². The van der Waals surface area contributed by atoms with Crippen molar-refractivity contribution < 1.29 is 9.90 Å². The van der Waals surface area contributed by atoms with Crippen LogP contribution in [0.5, 0.6) is 0 Å². The zero-order valence-corrected chi connectivity index (χ0v) is 13.3. The number of thiophene rings is 1. The van der Waals surface area contributed by atoms with Gasteiger partial charge in [-0.15, -0.1) is 0 Å². The van der Waals surface area contributed by atoms with E-state index in [1.807, 2.05) is 29.0 Å². The Balaban J connectivity index is 1.56. The first-order valence-electron chi connectivity index (χ1n) is 7.47. The van der Waals surface area contributed by atoms with E-state index in [4.69, 9.17) is 0 Å². The third-order valence-electron chi connectivity index (χ3n) is 4.17. The van der Waals surface area contributed by atoms with Crippen molar-refractivity contribution in [2.24, 2.45) is 5.92 Å². The topological polar surface area (TPSA) is 61.4 Å². The summed E-state index contributed by atoms with van der Waals surface area (Å²) in [6.07, 6.45) is 0.323. The van der Waals surface area contributed by atoms with Crippen LogP contribution in [0.1, 0.15) is 35.8 Å². The summed E-state index contributed by atoms with van der Waals surface area (Å²) >= 11 is 1.53. The van der Waals surface area contributed by atoms with Gasteiger partial charge in [-0.1, -0.05) is 31.2 Å². The predicted octanol–water partition coefficient (Wildman–Crippen LogP) is 3.01. The molecule has 2 aromatic rings. The second-order valence-electron chi connectivity index (χ2n) is 5.78. The molecule has 2 amide bonds. The molecule has 1 aliphatic rings. The van der Waals surface area contributed by atoms with E-state index in [1.165, 1.54) is 22.5 Å². The lowest BCUT2D eigenvalue weighted by Gasteiger charge is -2.20. The highest BCUT2D eigenvalue weighted by Gasteiger charge is 2.30. The number of fused-ring (bicyclic) bond motifs is 1. The lowest BCUT2D eigenvalue weighted by atomic mass is 10.0. The van der Waals surface area contributed by atoms with E-state index in [9.17, 15) is 9.90 Å². The molecule has 0 saturated carbocycles. The number of rotatable bonds is 4. The van der Waals surface area contributed by atoms with Crippen molar-refractivity contribution in [3.8, 4) is 0 Å². The minimum absolute atomic E-state index is 0.0366. The summed E-state index contributed by atoms with van der Waals surface area (Å²) in [4.78, 5) is 12.1. The number of carbonyl (C=O) groups is 1. The first kappa shape index (κ1) is 15.1. The molecule has 1 aromatic heterocycles. The van der Waals surface area contributed by atoms with Gasteiger partial charge in [0.2, 0.25) is 0 Å². The molecule has 116 valence electrons. The largest absolute Gasteiger partial charge is 0.387 e. The third kappa shape index (κ3) is 3.15. The van der Waals surface area contributed by atoms with Crippen LogP contribution in [0.15, 0.2) is 41.1 Å². The summed E-state index contributed by atoms with van der Waals surface area (Å²) in [6.45, 7) is 2.36. The van der Waals surface area contributed by atoms with Gasteiger partial charge in [0.1, 0.15) is 0 Å². The number of nitrogens with one attached hydrogen (secondary N) is 2. The van der Waals surface area contributed by atoms with E-state index < -0.39 is 6.10 Å². The van der Waals surface area contributed by atoms with Gasteiger partial charge in [-0.25, -0.2) is 4.79 Å². The fraction of sp³-hybridized carbons (Fsp3) is 0.353. The molecule has 0 aliphatic heterocycles. The average molecular weight is 316 g/mol. The molecule has 3 N–H and O–H groups in total. The molecule has 0 spiro atoms. The van der Waals surface area contributed by atoms with Crippen molar-refractivity contribution in [1.82, 2.24) is 10.6 Å². The van der Waals surface area contributed by atoms with Crippen molar-refractivity contribution in [3.05, 3.63) is 57.8 Å². The van der Waals surface area contributed by atoms with Crippen LogP contribution >= 0.6 is 11.3 Å². The number of urea groups is 1. The quantitative estimate of drug-likeness (QED) is 0.812. The molecular weight excluding hydrogens is 296 g/mol. The summed E-state index contributed by atoms with van der Waals surface area (Å²) in [7, 11) is 0. The molecule has 3 atom stereocenters. The predicted molar refractivity (Wildman–Crippen MR) is 87.9 cm³/mol. The second kappa shape index (κ2) is 6.50. The zero-order valence-electron chi connectivity index (χ0n) is 12.5. The van der Waals surface area contributed by atoms with Gasteiger partial charge in [-0.2, -0.15) is 11.3 Å². The summed E-state index contributed by atoms with van der Waals surface area (Å²) < 4.78 is 0. The standard InChI is InChI=1S/C17H20N2O2S/c1-11-8-12-4-2-3-5-14(12)16(11)19-17(21)18-9-15(20)13-6-7-22-10-13/h2-7,10-11,15-16,20H,8-9H2,1H3,(H2,18,19,21). The number of aliphatic hydroxyl groups excluding tert-OH is 1. The molecule has 0 saturated heterocycles. The SMILES string of the molecule is CC1Cc2ccccc2C1NC(=O)NCC(O)c1ccsc1. The van der Waals surface area contributed by atoms with Gasteiger partial charge in [-0.3, -0.25) is 0 Å². The Morgan fingerprint density at radius 1 is 1.41 bits per heavy atom. The Morgan fingerprint density at radius 3 is 3.00 bits per heavy atom. The summed E-state index contributed by atoms with van der Waals surface area (Å²) in [5.74, 6) is 0.380. The molecule has 1 aliphatic carbocycles. The van der Waals surface area contributed by atoms with Gasteiger partial charge < -0.3 is 15.7 Å². The van der Waals surface area contributed by atoms with Gasteiger partial charge in [-0.05, 0) is 45.9 Å². The van der Waals surface area contributed by atoms with Crippen LogP contribution in [0.4, 0.5) is 4.79 Å². The molecule has 3 rings (SSSR count). The van der Waals surface area contributed by atoms with Crippen LogP contribution in [0.2, 0.25) is 0 Å². The highest BCUT2D eigenvalue weighted by atomic mass is 32.1. The van der Waals surface area contributed by atoms with Crippen molar-refractivity contribution in [2.45, 2.75) is 25.5 Å². The number of carbonyl (C=O) groups excluding carboxylic acids is 1. The Morgan fingerprint density at radius 2 is 2.23 bits per heavy atom. The Hall–Kier alpha value is -1.85.